The number of hydrogen-bond donors (Lipinski definition) is 1. The van der Waals surface area contributed by atoms with Crippen molar-refractivity contribution in [2.24, 2.45) is 0 Å². The van der Waals surface area contributed by atoms with Crippen molar-refractivity contribution in [3.8, 4) is 11.3 Å². The molecule has 1 amide bonds. The van der Waals surface area contributed by atoms with Crippen molar-refractivity contribution in [2.45, 2.75) is 12.7 Å². The van der Waals surface area contributed by atoms with Crippen LogP contribution >= 0.6 is 27.3 Å². The molecule has 1 N–H and O–H groups in total. The molecule has 146 valence electrons. The predicted molar refractivity (Wildman–Crippen MR) is 113 cm³/mol. The Kier molecular flexibility index (Phi) is 6.26. The lowest BCUT2D eigenvalue weighted by Gasteiger charge is -2.05. The fourth-order valence-corrected chi connectivity index (χ4v) is 5.17. The zero-order valence-electron chi connectivity index (χ0n) is 14.8. The van der Waals surface area contributed by atoms with Crippen LogP contribution in [0.25, 0.3) is 11.3 Å². The van der Waals surface area contributed by atoms with Crippen molar-refractivity contribution in [2.75, 3.05) is 11.1 Å². The first-order valence-electron chi connectivity index (χ1n) is 8.20. The maximum Gasteiger partial charge on any atom is 0.241 e. The summed E-state index contributed by atoms with van der Waals surface area (Å²) in [5.41, 5.74) is 1.95. The van der Waals surface area contributed by atoms with Crippen molar-refractivity contribution in [3.05, 3.63) is 69.3 Å². The SMILES string of the molecule is Cc1sc(NC(=O)CS(=O)(=O)Cc2cccc(Br)c2)nc1-c1ccc(F)cc1. The van der Waals surface area contributed by atoms with Crippen molar-refractivity contribution in [3.63, 3.8) is 0 Å². The molecule has 0 spiro atoms. The Bertz CT molecular complexity index is 1110. The molecule has 0 bridgehead atoms. The van der Waals surface area contributed by atoms with Crippen LogP contribution in [-0.4, -0.2) is 25.1 Å². The van der Waals surface area contributed by atoms with Gasteiger partial charge in [0.15, 0.2) is 15.0 Å². The molecule has 1 heterocycles. The van der Waals surface area contributed by atoms with Crippen molar-refractivity contribution in [1.82, 2.24) is 4.98 Å². The molecule has 3 aromatic rings. The number of aryl methyl sites for hydroxylation is 1. The normalized spacial score (nSPS) is 11.4. The molecule has 0 aliphatic heterocycles. The second-order valence-corrected chi connectivity index (χ2v) is 10.3. The van der Waals surface area contributed by atoms with Gasteiger partial charge in [0.05, 0.1) is 11.4 Å². The number of thiazole rings is 1. The van der Waals surface area contributed by atoms with Gasteiger partial charge in [-0.2, -0.15) is 0 Å². The van der Waals surface area contributed by atoms with Crippen molar-refractivity contribution in [1.29, 1.82) is 0 Å². The minimum Gasteiger partial charge on any atom is -0.301 e. The molecule has 5 nitrogen and oxygen atoms in total. The number of benzene rings is 2. The number of nitrogens with zero attached hydrogens (tertiary/aromatic N) is 1. The lowest BCUT2D eigenvalue weighted by Crippen LogP contribution is -2.23. The van der Waals surface area contributed by atoms with Crippen LogP contribution in [0.3, 0.4) is 0 Å². The first-order valence-corrected chi connectivity index (χ1v) is 11.6. The number of nitrogens with one attached hydrogen (secondary N) is 1. The zero-order chi connectivity index (χ0) is 20.3. The van der Waals surface area contributed by atoms with Crippen LogP contribution in [0.15, 0.2) is 53.0 Å². The highest BCUT2D eigenvalue weighted by Gasteiger charge is 2.19. The second kappa shape index (κ2) is 8.50. The lowest BCUT2D eigenvalue weighted by molar-refractivity contribution is -0.113. The third kappa shape index (κ3) is 5.46. The highest BCUT2D eigenvalue weighted by atomic mass is 79.9. The first-order chi connectivity index (χ1) is 13.2. The summed E-state index contributed by atoms with van der Waals surface area (Å²) in [5.74, 6) is -1.85. The molecule has 0 unspecified atom stereocenters. The van der Waals surface area contributed by atoms with E-state index in [1.807, 2.05) is 6.92 Å². The van der Waals surface area contributed by atoms with Gasteiger partial charge in [-0.05, 0) is 48.9 Å². The number of amides is 1. The number of carbonyl (C=O) groups is 1. The van der Waals surface area contributed by atoms with Crippen LogP contribution in [0, 0.1) is 12.7 Å². The van der Waals surface area contributed by atoms with Crippen LogP contribution < -0.4 is 5.32 Å². The molecule has 0 aliphatic rings. The Morgan fingerprint density at radius 3 is 2.61 bits per heavy atom. The average Bonchev–Trinajstić information content (AvgIpc) is 2.94. The maximum atomic E-state index is 13.1. The van der Waals surface area contributed by atoms with Gasteiger partial charge in [-0.15, -0.1) is 11.3 Å². The van der Waals surface area contributed by atoms with Crippen LogP contribution in [0.1, 0.15) is 10.4 Å². The summed E-state index contributed by atoms with van der Waals surface area (Å²) in [5, 5.41) is 2.85. The molecule has 0 fully saturated rings. The Balaban J connectivity index is 1.68. The summed E-state index contributed by atoms with van der Waals surface area (Å²) in [6, 6.07) is 12.8. The van der Waals surface area contributed by atoms with E-state index >= 15 is 0 Å². The van der Waals surface area contributed by atoms with Gasteiger partial charge in [0.1, 0.15) is 11.6 Å². The quantitative estimate of drug-likeness (QED) is 0.557. The monoisotopic (exact) mass is 482 g/mol. The molecule has 28 heavy (non-hydrogen) atoms. The first kappa shape index (κ1) is 20.6. The summed E-state index contributed by atoms with van der Waals surface area (Å²) in [4.78, 5) is 17.4. The smallest absolute Gasteiger partial charge is 0.241 e. The lowest BCUT2D eigenvalue weighted by atomic mass is 10.1. The molecule has 0 aliphatic carbocycles. The molecule has 1 aromatic heterocycles. The molecule has 0 atom stereocenters. The number of halogens is 2. The van der Waals surface area contributed by atoms with Gasteiger partial charge in [0.2, 0.25) is 5.91 Å². The molecule has 3 rings (SSSR count). The average molecular weight is 483 g/mol. The number of sulfone groups is 1. The Labute approximate surface area is 174 Å². The molecule has 0 saturated carbocycles. The zero-order valence-corrected chi connectivity index (χ0v) is 18.0. The van der Waals surface area contributed by atoms with Gasteiger partial charge in [0.25, 0.3) is 0 Å². The van der Waals surface area contributed by atoms with Crippen molar-refractivity contribution < 1.29 is 17.6 Å². The van der Waals surface area contributed by atoms with Crippen LogP contribution in [-0.2, 0) is 20.4 Å². The predicted octanol–water partition coefficient (Wildman–Crippen LogP) is 4.57. The van der Waals surface area contributed by atoms with Crippen molar-refractivity contribution >= 4 is 48.1 Å². The van der Waals surface area contributed by atoms with E-state index in [4.69, 9.17) is 0 Å². The minimum absolute atomic E-state index is 0.225. The molecule has 9 heteroatoms. The Hall–Kier alpha value is -2.10. The molecule has 0 radical (unpaired) electrons. The maximum absolute atomic E-state index is 13.1. The summed E-state index contributed by atoms with van der Waals surface area (Å²) in [7, 11) is -3.63. The largest absolute Gasteiger partial charge is 0.301 e. The van der Waals surface area contributed by atoms with E-state index in [0.29, 0.717) is 16.4 Å². The van der Waals surface area contributed by atoms with Gasteiger partial charge in [-0.25, -0.2) is 17.8 Å². The highest BCUT2D eigenvalue weighted by molar-refractivity contribution is 9.10. The number of aromatic nitrogens is 1. The standard InChI is InChI=1S/C19H16BrFN2O3S2/c1-12-18(14-5-7-16(21)8-6-14)23-19(27-12)22-17(24)11-28(25,26)10-13-3-2-4-15(20)9-13/h2-9H,10-11H2,1H3,(H,22,23,24). The van der Waals surface area contributed by atoms with Gasteiger partial charge in [0, 0.05) is 14.9 Å². The van der Waals surface area contributed by atoms with E-state index in [2.05, 4.69) is 26.2 Å². The van der Waals surface area contributed by atoms with Gasteiger partial charge >= 0.3 is 0 Å². The number of anilines is 1. The fourth-order valence-electron chi connectivity index (χ4n) is 2.61. The van der Waals surface area contributed by atoms with E-state index in [0.717, 1.165) is 14.9 Å². The fraction of sp³-hybridized carbons (Fsp3) is 0.158. The summed E-state index contributed by atoms with van der Waals surface area (Å²) in [6.45, 7) is 1.83. The topological polar surface area (TPSA) is 76.1 Å². The minimum atomic E-state index is -3.63. The summed E-state index contributed by atoms with van der Waals surface area (Å²) < 4.78 is 38.5. The molecular formula is C19H16BrFN2O3S2. The van der Waals surface area contributed by atoms with Crippen LogP contribution in [0.5, 0.6) is 0 Å². The third-order valence-corrected chi connectivity index (χ3v) is 6.64. The highest BCUT2D eigenvalue weighted by Crippen LogP contribution is 2.30. The van der Waals surface area contributed by atoms with E-state index in [-0.39, 0.29) is 11.6 Å². The third-order valence-electron chi connectivity index (χ3n) is 3.79. The summed E-state index contributed by atoms with van der Waals surface area (Å²) >= 11 is 4.53. The van der Waals surface area contributed by atoms with Gasteiger partial charge < -0.3 is 5.32 Å². The Morgan fingerprint density at radius 2 is 1.93 bits per heavy atom. The molecular weight excluding hydrogens is 467 g/mol. The summed E-state index contributed by atoms with van der Waals surface area (Å²) in [6.07, 6.45) is 0. The second-order valence-electron chi connectivity index (χ2n) is 6.14. The molecule has 0 saturated heterocycles. The van der Waals surface area contributed by atoms with Crippen LogP contribution in [0.4, 0.5) is 9.52 Å². The van der Waals surface area contributed by atoms with E-state index in [1.165, 1.54) is 23.5 Å². The van der Waals surface area contributed by atoms with E-state index in [9.17, 15) is 17.6 Å². The number of rotatable bonds is 6. The molecule has 2 aromatic carbocycles. The number of hydrogen-bond acceptors (Lipinski definition) is 5. The van der Waals surface area contributed by atoms with Crippen LogP contribution in [0.2, 0.25) is 0 Å². The van der Waals surface area contributed by atoms with Gasteiger partial charge in [-0.1, -0.05) is 28.1 Å². The van der Waals surface area contributed by atoms with E-state index in [1.54, 1.807) is 36.4 Å². The van der Waals surface area contributed by atoms with E-state index < -0.39 is 21.5 Å². The van der Waals surface area contributed by atoms with Gasteiger partial charge in [-0.3, -0.25) is 4.79 Å². The number of carbonyl (C=O) groups excluding carboxylic acids is 1. The Morgan fingerprint density at radius 1 is 1.21 bits per heavy atom.